The molecule has 1 aromatic carbocycles. The lowest BCUT2D eigenvalue weighted by molar-refractivity contribution is -0.122. The highest BCUT2D eigenvalue weighted by atomic mass is 16.2. The van der Waals surface area contributed by atoms with Crippen LogP contribution in [0.25, 0.3) is 0 Å². The van der Waals surface area contributed by atoms with E-state index in [1.807, 2.05) is 47.5 Å². The molecule has 2 fully saturated rings. The lowest BCUT2D eigenvalue weighted by Gasteiger charge is -2.49. The number of carbonyl (C=O) groups is 2. The molecule has 34 heavy (non-hydrogen) atoms. The van der Waals surface area contributed by atoms with Crippen LogP contribution in [0.5, 0.6) is 0 Å². The monoisotopic (exact) mass is 464 g/mol. The van der Waals surface area contributed by atoms with Gasteiger partial charge in [0.1, 0.15) is 11.9 Å². The Labute approximate surface area is 203 Å². The zero-order valence-electron chi connectivity index (χ0n) is 20.1. The number of hydrogen-bond acceptors (Lipinski definition) is 5. The second-order valence-corrected chi connectivity index (χ2v) is 9.66. The van der Waals surface area contributed by atoms with Crippen molar-refractivity contribution in [3.8, 4) is 0 Å². The number of nitrogens with zero attached hydrogens (tertiary/aromatic N) is 5. The molecule has 0 unspecified atom stereocenters. The van der Waals surface area contributed by atoms with E-state index in [0.29, 0.717) is 12.6 Å². The fraction of sp³-hybridized carbons (Fsp3) is 0.500. The van der Waals surface area contributed by atoms with Gasteiger partial charge in [0.05, 0.1) is 6.54 Å². The molecule has 3 amide bonds. The molecule has 182 valence electrons. The molecule has 3 aliphatic rings. The first-order valence-electron chi connectivity index (χ1n) is 12.4. The summed E-state index contributed by atoms with van der Waals surface area (Å²) in [6.45, 7) is 9.85. The molecule has 0 aliphatic carbocycles. The number of anilines is 2. The maximum atomic E-state index is 13.6. The molecule has 1 aromatic heterocycles. The van der Waals surface area contributed by atoms with E-state index in [1.54, 1.807) is 4.90 Å². The highest BCUT2D eigenvalue weighted by molar-refractivity contribution is 5.99. The Balaban J connectivity index is 0.00000289. The van der Waals surface area contributed by atoms with Crippen molar-refractivity contribution >= 4 is 23.4 Å². The third kappa shape index (κ3) is 4.34. The van der Waals surface area contributed by atoms with Crippen LogP contribution in [0.2, 0.25) is 0 Å². The molecule has 3 aliphatic heterocycles. The van der Waals surface area contributed by atoms with Crippen LogP contribution in [-0.4, -0.2) is 83.0 Å². The van der Waals surface area contributed by atoms with Gasteiger partial charge in [0, 0.05) is 58.6 Å². The van der Waals surface area contributed by atoms with E-state index in [9.17, 15) is 9.59 Å². The molecule has 8 nitrogen and oxygen atoms in total. The number of nitrogens with one attached hydrogen (secondary N) is 1. The summed E-state index contributed by atoms with van der Waals surface area (Å²) in [4.78, 5) is 39.7. The molecule has 8 heteroatoms. The van der Waals surface area contributed by atoms with Gasteiger partial charge in [-0.3, -0.25) is 9.69 Å². The minimum absolute atomic E-state index is 0. The molecule has 2 aromatic rings. The van der Waals surface area contributed by atoms with Crippen LogP contribution in [-0.2, 0) is 11.3 Å². The minimum atomic E-state index is -0.467. The Morgan fingerprint density at radius 3 is 2.56 bits per heavy atom. The summed E-state index contributed by atoms with van der Waals surface area (Å²) in [5.74, 6) is 1.02. The number of amides is 3. The van der Waals surface area contributed by atoms with Crippen LogP contribution >= 0.6 is 0 Å². The number of benzene rings is 1. The van der Waals surface area contributed by atoms with Crippen molar-refractivity contribution in [2.75, 3.05) is 49.5 Å². The highest BCUT2D eigenvalue weighted by Crippen LogP contribution is 2.29. The van der Waals surface area contributed by atoms with Gasteiger partial charge in [-0.25, -0.2) is 9.78 Å². The van der Waals surface area contributed by atoms with Gasteiger partial charge < -0.3 is 20.0 Å². The van der Waals surface area contributed by atoms with Crippen molar-refractivity contribution in [3.05, 3.63) is 54.2 Å². The molecule has 1 N–H and O–H groups in total. The van der Waals surface area contributed by atoms with Crippen molar-refractivity contribution in [1.82, 2.24) is 19.7 Å². The number of fused-ring (bicyclic) bond motifs is 1. The average molecular weight is 465 g/mol. The number of rotatable bonds is 4. The number of pyridine rings is 1. The second-order valence-electron chi connectivity index (χ2n) is 9.66. The van der Waals surface area contributed by atoms with Crippen molar-refractivity contribution in [3.63, 3.8) is 0 Å². The predicted molar refractivity (Wildman–Crippen MR) is 135 cm³/mol. The number of carbonyl (C=O) groups excluding carboxylic acids is 2. The number of aromatic nitrogens is 1. The number of hydrogen-bond donors (Lipinski definition) is 1. The fourth-order valence-electron chi connectivity index (χ4n) is 5.27. The first-order chi connectivity index (χ1) is 16.5. The highest BCUT2D eigenvalue weighted by Gasteiger charge is 2.43. The Bertz CT molecular complexity index is 1020. The summed E-state index contributed by atoms with van der Waals surface area (Å²) in [5.41, 5.74) is 1.79. The van der Waals surface area contributed by atoms with Crippen LogP contribution in [0.1, 0.15) is 27.3 Å². The van der Waals surface area contributed by atoms with E-state index < -0.39 is 6.04 Å². The smallest absolute Gasteiger partial charge is 0.321 e. The van der Waals surface area contributed by atoms with E-state index in [1.165, 1.54) is 0 Å². The molecule has 0 spiro atoms. The van der Waals surface area contributed by atoms with Gasteiger partial charge in [-0.05, 0) is 29.7 Å². The second kappa shape index (κ2) is 9.62. The molecule has 5 rings (SSSR count). The first kappa shape index (κ1) is 22.7. The zero-order chi connectivity index (χ0) is 23.7. The summed E-state index contributed by atoms with van der Waals surface area (Å²) >= 11 is 0. The molecule has 0 bridgehead atoms. The van der Waals surface area contributed by atoms with Gasteiger partial charge in [-0.2, -0.15) is 0 Å². The molecular weight excluding hydrogens is 428 g/mol. The van der Waals surface area contributed by atoms with Gasteiger partial charge in [-0.15, -0.1) is 0 Å². The van der Waals surface area contributed by atoms with Gasteiger partial charge in [-0.1, -0.05) is 44.5 Å². The van der Waals surface area contributed by atoms with Crippen molar-refractivity contribution in [1.29, 1.82) is 0 Å². The molecule has 2 atom stereocenters. The predicted octanol–water partition coefficient (Wildman–Crippen LogP) is 3.12. The van der Waals surface area contributed by atoms with Crippen LogP contribution in [0, 0.1) is 5.92 Å². The summed E-state index contributed by atoms with van der Waals surface area (Å²) in [7, 11) is 0. The van der Waals surface area contributed by atoms with Crippen molar-refractivity contribution in [2.24, 2.45) is 5.92 Å². The maximum Gasteiger partial charge on any atom is 0.321 e. The van der Waals surface area contributed by atoms with Crippen LogP contribution < -0.4 is 10.2 Å². The number of para-hydroxylation sites is 1. The Hall–Kier alpha value is -3.13. The largest absolute Gasteiger partial charge is 0.354 e. The van der Waals surface area contributed by atoms with Crippen LogP contribution in [0.3, 0.4) is 0 Å². The average Bonchev–Trinajstić information content (AvgIpc) is 2.99. The van der Waals surface area contributed by atoms with E-state index in [0.717, 1.165) is 62.8 Å². The van der Waals surface area contributed by atoms with Crippen LogP contribution in [0.4, 0.5) is 16.3 Å². The van der Waals surface area contributed by atoms with Gasteiger partial charge in [0.15, 0.2) is 0 Å². The third-order valence-corrected chi connectivity index (χ3v) is 7.59. The van der Waals surface area contributed by atoms with Gasteiger partial charge >= 0.3 is 6.03 Å². The number of likely N-dealkylation sites (tertiary alicyclic amines) is 1. The standard InChI is InChI=1S/C26H34N6O2.H2/c1-3-19(2)24-25(33)28-22-9-5-4-8-20(22)16-32(24)26(34)31-17-21(18-31)29-12-14-30(15-13-29)23-10-6-7-11-27-23;/h4-11,19,21,24H,3,12-18H2,1-2H3,(H,28,33);1H/t19-,24-;/m0./s1. The normalized spacial score (nSPS) is 22.5. The van der Waals surface area contributed by atoms with E-state index >= 15 is 0 Å². The molecule has 0 saturated carbocycles. The lowest BCUT2D eigenvalue weighted by Crippen LogP contribution is -2.67. The van der Waals surface area contributed by atoms with Crippen LogP contribution in [0.15, 0.2) is 48.7 Å². The summed E-state index contributed by atoms with van der Waals surface area (Å²) in [5, 5.41) is 3.06. The topological polar surface area (TPSA) is 72.0 Å². The third-order valence-electron chi connectivity index (χ3n) is 7.59. The van der Waals surface area contributed by atoms with Crippen molar-refractivity contribution in [2.45, 2.75) is 38.9 Å². The fourth-order valence-corrected chi connectivity index (χ4v) is 5.27. The number of urea groups is 1. The van der Waals surface area contributed by atoms with E-state index in [-0.39, 0.29) is 19.3 Å². The summed E-state index contributed by atoms with van der Waals surface area (Å²) in [6, 6.07) is 13.7. The molecule has 4 heterocycles. The maximum absolute atomic E-state index is 13.6. The quantitative estimate of drug-likeness (QED) is 0.753. The SMILES string of the molecule is CC[C@H](C)[C@H]1C(=O)Nc2ccccc2CN1C(=O)N1CC(N2CCN(c3ccccn3)CC2)C1.[HH]. The summed E-state index contributed by atoms with van der Waals surface area (Å²) in [6.07, 6.45) is 2.67. The van der Waals surface area contributed by atoms with E-state index in [2.05, 4.69) is 40.0 Å². The molecule has 2 saturated heterocycles. The molecule has 0 radical (unpaired) electrons. The van der Waals surface area contributed by atoms with Gasteiger partial charge in [0.25, 0.3) is 0 Å². The Kier molecular flexibility index (Phi) is 6.41. The zero-order valence-corrected chi connectivity index (χ0v) is 20.1. The lowest BCUT2D eigenvalue weighted by atomic mass is 9.96. The Morgan fingerprint density at radius 1 is 1.12 bits per heavy atom. The molecular formula is C26H36N6O2. The van der Waals surface area contributed by atoms with Crippen molar-refractivity contribution < 1.29 is 11.0 Å². The first-order valence-corrected chi connectivity index (χ1v) is 12.4. The minimum Gasteiger partial charge on any atom is -0.354 e. The number of piperazine rings is 1. The van der Waals surface area contributed by atoms with Gasteiger partial charge in [0.2, 0.25) is 5.91 Å². The summed E-state index contributed by atoms with van der Waals surface area (Å²) < 4.78 is 0. The Morgan fingerprint density at radius 2 is 1.85 bits per heavy atom. The van der Waals surface area contributed by atoms with E-state index in [4.69, 9.17) is 0 Å².